The highest BCUT2D eigenvalue weighted by atomic mass is 19.4. The SMILES string of the molecule is Nc1c(CO)ccnc1-c1cccc(C(F)(F)F)c1. The third-order valence-corrected chi connectivity index (χ3v) is 2.71. The molecule has 0 radical (unpaired) electrons. The van der Waals surface area contributed by atoms with Crippen LogP contribution in [0.5, 0.6) is 0 Å². The van der Waals surface area contributed by atoms with E-state index in [9.17, 15) is 13.2 Å². The molecule has 3 N–H and O–H groups in total. The number of nitrogens with zero attached hydrogens (tertiary/aromatic N) is 1. The van der Waals surface area contributed by atoms with Gasteiger partial charge in [0.15, 0.2) is 0 Å². The molecule has 2 rings (SSSR count). The number of aliphatic hydroxyl groups excluding tert-OH is 1. The van der Waals surface area contributed by atoms with E-state index in [1.165, 1.54) is 24.4 Å². The standard InChI is InChI=1S/C13H11F3N2O/c14-13(15,16)10-3-1-2-8(6-10)12-11(17)9(7-19)4-5-18-12/h1-6,19H,7,17H2. The van der Waals surface area contributed by atoms with Gasteiger partial charge in [-0.1, -0.05) is 12.1 Å². The number of alkyl halides is 3. The quantitative estimate of drug-likeness (QED) is 0.880. The molecule has 1 aromatic carbocycles. The van der Waals surface area contributed by atoms with Crippen molar-refractivity contribution in [2.45, 2.75) is 12.8 Å². The Morgan fingerprint density at radius 2 is 1.95 bits per heavy atom. The lowest BCUT2D eigenvalue weighted by Crippen LogP contribution is -2.05. The zero-order chi connectivity index (χ0) is 14.0. The number of aliphatic hydroxyl groups is 1. The van der Waals surface area contributed by atoms with Crippen LogP contribution in [0.4, 0.5) is 18.9 Å². The smallest absolute Gasteiger partial charge is 0.397 e. The van der Waals surface area contributed by atoms with Gasteiger partial charge in [0.2, 0.25) is 0 Å². The van der Waals surface area contributed by atoms with Gasteiger partial charge in [-0.3, -0.25) is 4.98 Å². The first-order valence-electron chi connectivity index (χ1n) is 5.45. The van der Waals surface area contributed by atoms with E-state index in [1.54, 1.807) is 0 Å². The van der Waals surface area contributed by atoms with Crippen molar-refractivity contribution in [2.75, 3.05) is 5.73 Å². The Kier molecular flexibility index (Phi) is 3.44. The summed E-state index contributed by atoms with van der Waals surface area (Å²) >= 11 is 0. The van der Waals surface area contributed by atoms with Crippen molar-refractivity contribution >= 4 is 5.69 Å². The first-order valence-corrected chi connectivity index (χ1v) is 5.45. The van der Waals surface area contributed by atoms with Crippen molar-refractivity contribution in [1.82, 2.24) is 4.98 Å². The van der Waals surface area contributed by atoms with Crippen LogP contribution >= 0.6 is 0 Å². The first kappa shape index (κ1) is 13.4. The van der Waals surface area contributed by atoms with Crippen molar-refractivity contribution in [1.29, 1.82) is 0 Å². The molecule has 2 aromatic rings. The third-order valence-electron chi connectivity index (χ3n) is 2.71. The summed E-state index contributed by atoms with van der Waals surface area (Å²) in [6.45, 7) is -0.291. The summed E-state index contributed by atoms with van der Waals surface area (Å²) in [4.78, 5) is 3.98. The minimum Gasteiger partial charge on any atom is -0.397 e. The number of aromatic nitrogens is 1. The Morgan fingerprint density at radius 3 is 2.58 bits per heavy atom. The molecule has 0 spiro atoms. The molecule has 3 nitrogen and oxygen atoms in total. The maximum Gasteiger partial charge on any atom is 0.416 e. The topological polar surface area (TPSA) is 59.1 Å². The summed E-state index contributed by atoms with van der Waals surface area (Å²) in [5, 5.41) is 9.09. The molecule has 1 heterocycles. The van der Waals surface area contributed by atoms with Gasteiger partial charge < -0.3 is 10.8 Å². The normalized spacial score (nSPS) is 11.6. The molecule has 0 amide bonds. The summed E-state index contributed by atoms with van der Waals surface area (Å²) in [6, 6.07) is 6.28. The lowest BCUT2D eigenvalue weighted by atomic mass is 10.0. The van der Waals surface area contributed by atoms with Crippen LogP contribution in [0, 0.1) is 0 Å². The molecular formula is C13H11F3N2O. The molecule has 0 saturated carbocycles. The van der Waals surface area contributed by atoms with Crippen LogP contribution in [0.15, 0.2) is 36.5 Å². The molecule has 1 aromatic heterocycles. The number of anilines is 1. The third kappa shape index (κ3) is 2.68. The fourth-order valence-electron chi connectivity index (χ4n) is 1.72. The molecule has 100 valence electrons. The number of benzene rings is 1. The number of hydrogen-bond acceptors (Lipinski definition) is 3. The second-order valence-electron chi connectivity index (χ2n) is 3.97. The van der Waals surface area contributed by atoms with Crippen molar-refractivity contribution in [3.8, 4) is 11.3 Å². The Bertz CT molecular complexity index is 597. The zero-order valence-corrected chi connectivity index (χ0v) is 9.78. The summed E-state index contributed by atoms with van der Waals surface area (Å²) in [5.74, 6) is 0. The van der Waals surface area contributed by atoms with Crippen molar-refractivity contribution in [3.05, 3.63) is 47.7 Å². The van der Waals surface area contributed by atoms with Crippen molar-refractivity contribution in [3.63, 3.8) is 0 Å². The molecular weight excluding hydrogens is 257 g/mol. The van der Waals surface area contributed by atoms with Gasteiger partial charge in [-0.25, -0.2) is 0 Å². The second-order valence-corrected chi connectivity index (χ2v) is 3.97. The number of rotatable bonds is 2. The first-order chi connectivity index (χ1) is 8.93. The highest BCUT2D eigenvalue weighted by molar-refractivity contribution is 5.75. The summed E-state index contributed by atoms with van der Waals surface area (Å²) in [6.07, 6.45) is -3.02. The summed E-state index contributed by atoms with van der Waals surface area (Å²) < 4.78 is 37.9. The molecule has 0 aliphatic carbocycles. The highest BCUT2D eigenvalue weighted by Gasteiger charge is 2.30. The lowest BCUT2D eigenvalue weighted by Gasteiger charge is -2.11. The predicted molar refractivity (Wildman–Crippen MR) is 65.0 cm³/mol. The fraction of sp³-hybridized carbons (Fsp3) is 0.154. The Hall–Kier alpha value is -2.08. The maximum absolute atomic E-state index is 12.6. The van der Waals surface area contributed by atoms with E-state index in [0.717, 1.165) is 12.1 Å². The monoisotopic (exact) mass is 268 g/mol. The number of halogens is 3. The van der Waals surface area contributed by atoms with Crippen LogP contribution in [-0.2, 0) is 12.8 Å². The van der Waals surface area contributed by atoms with Crippen LogP contribution in [0.2, 0.25) is 0 Å². The van der Waals surface area contributed by atoms with E-state index in [2.05, 4.69) is 4.98 Å². The van der Waals surface area contributed by atoms with E-state index in [4.69, 9.17) is 10.8 Å². The Labute approximate surface area is 107 Å². The Morgan fingerprint density at radius 1 is 1.21 bits per heavy atom. The number of pyridine rings is 1. The average molecular weight is 268 g/mol. The van der Waals surface area contributed by atoms with Gasteiger partial charge >= 0.3 is 6.18 Å². The van der Waals surface area contributed by atoms with Crippen LogP contribution < -0.4 is 5.73 Å². The molecule has 0 bridgehead atoms. The van der Waals surface area contributed by atoms with Gasteiger partial charge in [-0.15, -0.1) is 0 Å². The molecule has 0 aliphatic heterocycles. The van der Waals surface area contributed by atoms with Crippen LogP contribution in [0.1, 0.15) is 11.1 Å². The van der Waals surface area contributed by atoms with Crippen LogP contribution in [0.3, 0.4) is 0 Å². The molecule has 0 atom stereocenters. The molecule has 0 saturated heterocycles. The summed E-state index contributed by atoms with van der Waals surface area (Å²) in [7, 11) is 0. The largest absolute Gasteiger partial charge is 0.416 e. The van der Waals surface area contributed by atoms with Gasteiger partial charge in [-0.05, 0) is 18.2 Å². The molecule has 0 fully saturated rings. The minimum atomic E-state index is -4.42. The highest BCUT2D eigenvalue weighted by Crippen LogP contribution is 2.33. The van der Waals surface area contributed by atoms with E-state index < -0.39 is 11.7 Å². The van der Waals surface area contributed by atoms with E-state index in [0.29, 0.717) is 5.56 Å². The fourth-order valence-corrected chi connectivity index (χ4v) is 1.72. The lowest BCUT2D eigenvalue weighted by molar-refractivity contribution is -0.137. The van der Waals surface area contributed by atoms with E-state index >= 15 is 0 Å². The molecule has 0 aliphatic rings. The molecule has 19 heavy (non-hydrogen) atoms. The van der Waals surface area contributed by atoms with Gasteiger partial charge in [-0.2, -0.15) is 13.2 Å². The van der Waals surface area contributed by atoms with Gasteiger partial charge in [0.25, 0.3) is 0 Å². The minimum absolute atomic E-state index is 0.185. The van der Waals surface area contributed by atoms with Gasteiger partial charge in [0.05, 0.1) is 23.6 Å². The second kappa shape index (κ2) is 4.89. The van der Waals surface area contributed by atoms with Crippen molar-refractivity contribution in [2.24, 2.45) is 0 Å². The number of nitrogens with two attached hydrogens (primary N) is 1. The Balaban J connectivity index is 2.54. The predicted octanol–water partition coefficient (Wildman–Crippen LogP) is 2.84. The average Bonchev–Trinajstić information content (AvgIpc) is 2.38. The maximum atomic E-state index is 12.6. The molecule has 0 unspecified atom stereocenters. The van der Waals surface area contributed by atoms with E-state index in [-0.39, 0.29) is 23.6 Å². The van der Waals surface area contributed by atoms with Gasteiger partial charge in [0, 0.05) is 17.3 Å². The zero-order valence-electron chi connectivity index (χ0n) is 9.78. The van der Waals surface area contributed by atoms with Crippen molar-refractivity contribution < 1.29 is 18.3 Å². The van der Waals surface area contributed by atoms with Crippen LogP contribution in [-0.4, -0.2) is 10.1 Å². The number of hydrogen-bond donors (Lipinski definition) is 2. The van der Waals surface area contributed by atoms with E-state index in [1.807, 2.05) is 0 Å². The summed E-state index contributed by atoms with van der Waals surface area (Å²) in [5.41, 5.74) is 6.14. The number of nitrogen functional groups attached to an aromatic ring is 1. The molecule has 6 heteroatoms. The van der Waals surface area contributed by atoms with Gasteiger partial charge in [0.1, 0.15) is 0 Å². The van der Waals surface area contributed by atoms with Crippen LogP contribution in [0.25, 0.3) is 11.3 Å².